The summed E-state index contributed by atoms with van der Waals surface area (Å²) < 4.78 is 44.6. The SMILES string of the molecule is C[C@H](NC(=O)CCO)c1ccc(OC2CCN(c3cccc(C(F)(F)F)n3)C2)cc1. The van der Waals surface area contributed by atoms with Gasteiger partial charge in [-0.05, 0) is 36.8 Å². The maximum Gasteiger partial charge on any atom is 0.433 e. The van der Waals surface area contributed by atoms with Gasteiger partial charge in [0, 0.05) is 19.4 Å². The number of hydrogen-bond acceptors (Lipinski definition) is 5. The zero-order chi connectivity index (χ0) is 21.7. The summed E-state index contributed by atoms with van der Waals surface area (Å²) >= 11 is 0. The minimum absolute atomic E-state index is 0.0600. The predicted molar refractivity (Wildman–Crippen MR) is 105 cm³/mol. The summed E-state index contributed by atoms with van der Waals surface area (Å²) in [5, 5.41) is 11.6. The van der Waals surface area contributed by atoms with E-state index < -0.39 is 11.9 Å². The van der Waals surface area contributed by atoms with Crippen molar-refractivity contribution in [3.05, 3.63) is 53.7 Å². The Morgan fingerprint density at radius 3 is 2.70 bits per heavy atom. The van der Waals surface area contributed by atoms with Gasteiger partial charge in [-0.25, -0.2) is 4.98 Å². The van der Waals surface area contributed by atoms with Crippen LogP contribution in [0.4, 0.5) is 19.0 Å². The third-order valence-corrected chi connectivity index (χ3v) is 4.89. The van der Waals surface area contributed by atoms with E-state index in [-0.39, 0.29) is 31.1 Å². The number of benzene rings is 1. The van der Waals surface area contributed by atoms with Crippen LogP contribution in [-0.4, -0.2) is 41.8 Å². The van der Waals surface area contributed by atoms with E-state index in [1.54, 1.807) is 23.1 Å². The van der Waals surface area contributed by atoms with E-state index >= 15 is 0 Å². The van der Waals surface area contributed by atoms with E-state index in [9.17, 15) is 18.0 Å². The number of pyridine rings is 1. The molecule has 1 fully saturated rings. The van der Waals surface area contributed by atoms with Crippen LogP contribution in [0, 0.1) is 0 Å². The molecular weight excluding hydrogens is 399 g/mol. The molecule has 1 amide bonds. The van der Waals surface area contributed by atoms with Crippen LogP contribution in [0.25, 0.3) is 0 Å². The van der Waals surface area contributed by atoms with Gasteiger partial charge in [0.2, 0.25) is 5.91 Å². The number of aliphatic hydroxyl groups is 1. The normalized spacial score (nSPS) is 17.6. The summed E-state index contributed by atoms with van der Waals surface area (Å²) in [4.78, 5) is 17.1. The lowest BCUT2D eigenvalue weighted by Crippen LogP contribution is -2.27. The number of anilines is 1. The van der Waals surface area contributed by atoms with Gasteiger partial charge < -0.3 is 20.1 Å². The van der Waals surface area contributed by atoms with Crippen LogP contribution in [0.15, 0.2) is 42.5 Å². The van der Waals surface area contributed by atoms with Crippen molar-refractivity contribution in [2.24, 2.45) is 0 Å². The highest BCUT2D eigenvalue weighted by molar-refractivity contribution is 5.76. The molecule has 0 aliphatic carbocycles. The number of aliphatic hydroxyl groups excluding tert-OH is 1. The Morgan fingerprint density at radius 1 is 1.30 bits per heavy atom. The minimum Gasteiger partial charge on any atom is -0.489 e. The van der Waals surface area contributed by atoms with Gasteiger partial charge in [0.1, 0.15) is 23.4 Å². The van der Waals surface area contributed by atoms with Crippen LogP contribution in [0.1, 0.15) is 37.1 Å². The van der Waals surface area contributed by atoms with Gasteiger partial charge in [0.15, 0.2) is 0 Å². The maximum absolute atomic E-state index is 12.9. The smallest absolute Gasteiger partial charge is 0.433 e. The van der Waals surface area contributed by atoms with Gasteiger partial charge in [-0.2, -0.15) is 13.2 Å². The first-order chi connectivity index (χ1) is 14.3. The number of carbonyl (C=O) groups excluding carboxylic acids is 1. The first kappa shape index (κ1) is 21.9. The topological polar surface area (TPSA) is 74.7 Å². The Kier molecular flexibility index (Phi) is 6.81. The average molecular weight is 423 g/mol. The van der Waals surface area contributed by atoms with Crippen molar-refractivity contribution in [2.45, 2.75) is 38.1 Å². The summed E-state index contributed by atoms with van der Waals surface area (Å²) in [7, 11) is 0. The van der Waals surface area contributed by atoms with Crippen LogP contribution in [0.5, 0.6) is 5.75 Å². The number of nitrogens with zero attached hydrogens (tertiary/aromatic N) is 2. The molecule has 0 radical (unpaired) electrons. The van der Waals surface area contributed by atoms with Crippen molar-refractivity contribution in [3.8, 4) is 5.75 Å². The molecule has 1 saturated heterocycles. The molecule has 0 spiro atoms. The Hall–Kier alpha value is -2.81. The fraction of sp³-hybridized carbons (Fsp3) is 0.429. The Labute approximate surface area is 172 Å². The van der Waals surface area contributed by atoms with Crippen LogP contribution in [0.2, 0.25) is 0 Å². The summed E-state index contributed by atoms with van der Waals surface area (Å²) in [6, 6.07) is 11.0. The standard InChI is InChI=1S/C21H24F3N3O3/c1-14(25-20(29)10-12-28)15-5-7-16(8-6-15)30-17-9-11-27(13-17)19-4-2-3-18(26-19)21(22,23)24/h2-8,14,17,28H,9-13H2,1H3,(H,25,29)/t14-,17?/m0/s1. The average Bonchev–Trinajstić information content (AvgIpc) is 3.16. The second-order valence-electron chi connectivity index (χ2n) is 7.19. The number of alkyl halides is 3. The van der Waals surface area contributed by atoms with Crippen molar-refractivity contribution in [1.29, 1.82) is 0 Å². The highest BCUT2D eigenvalue weighted by atomic mass is 19.4. The lowest BCUT2D eigenvalue weighted by atomic mass is 10.1. The summed E-state index contributed by atoms with van der Waals surface area (Å²) in [6.07, 6.45) is -3.89. The summed E-state index contributed by atoms with van der Waals surface area (Å²) in [6.45, 7) is 2.66. The quantitative estimate of drug-likeness (QED) is 0.715. The highest BCUT2D eigenvalue weighted by Crippen LogP contribution is 2.30. The van der Waals surface area contributed by atoms with E-state index in [0.717, 1.165) is 11.6 Å². The molecule has 9 heteroatoms. The number of aromatic nitrogens is 1. The Balaban J connectivity index is 1.56. The summed E-state index contributed by atoms with van der Waals surface area (Å²) in [5.74, 6) is 0.717. The third kappa shape index (κ3) is 5.63. The molecule has 1 aliphatic heterocycles. The fourth-order valence-electron chi connectivity index (χ4n) is 3.32. The van der Waals surface area contributed by atoms with Crippen molar-refractivity contribution < 1.29 is 27.8 Å². The van der Waals surface area contributed by atoms with E-state index in [2.05, 4.69) is 10.3 Å². The molecule has 0 bridgehead atoms. The molecule has 3 rings (SSSR count). The van der Waals surface area contributed by atoms with E-state index in [1.165, 1.54) is 6.07 Å². The molecule has 1 aromatic heterocycles. The van der Waals surface area contributed by atoms with Crippen molar-refractivity contribution in [1.82, 2.24) is 10.3 Å². The number of halogens is 3. The molecule has 6 nitrogen and oxygen atoms in total. The number of hydrogen-bond donors (Lipinski definition) is 2. The molecule has 30 heavy (non-hydrogen) atoms. The second kappa shape index (κ2) is 9.34. The fourth-order valence-corrected chi connectivity index (χ4v) is 3.32. The van der Waals surface area contributed by atoms with E-state index in [4.69, 9.17) is 9.84 Å². The lowest BCUT2D eigenvalue weighted by Gasteiger charge is -2.19. The molecule has 1 aliphatic rings. The highest BCUT2D eigenvalue weighted by Gasteiger charge is 2.33. The molecular formula is C21H24F3N3O3. The van der Waals surface area contributed by atoms with Crippen molar-refractivity contribution >= 4 is 11.7 Å². The van der Waals surface area contributed by atoms with Crippen LogP contribution >= 0.6 is 0 Å². The minimum atomic E-state index is -4.47. The zero-order valence-electron chi connectivity index (χ0n) is 16.5. The predicted octanol–water partition coefficient (Wildman–Crippen LogP) is 3.32. The molecule has 2 aromatic rings. The monoisotopic (exact) mass is 423 g/mol. The van der Waals surface area contributed by atoms with Gasteiger partial charge in [0.25, 0.3) is 0 Å². The second-order valence-corrected chi connectivity index (χ2v) is 7.19. The molecule has 2 N–H and O–H groups in total. The Morgan fingerprint density at radius 2 is 2.03 bits per heavy atom. The molecule has 2 atom stereocenters. The van der Waals surface area contributed by atoms with Crippen LogP contribution < -0.4 is 15.0 Å². The van der Waals surface area contributed by atoms with Crippen LogP contribution in [0.3, 0.4) is 0 Å². The molecule has 2 heterocycles. The van der Waals surface area contributed by atoms with Crippen molar-refractivity contribution in [3.63, 3.8) is 0 Å². The van der Waals surface area contributed by atoms with Crippen molar-refractivity contribution in [2.75, 3.05) is 24.6 Å². The number of ether oxygens (including phenoxy) is 1. The number of amides is 1. The lowest BCUT2D eigenvalue weighted by molar-refractivity contribution is -0.141. The number of nitrogens with one attached hydrogen (secondary N) is 1. The van der Waals surface area contributed by atoms with Gasteiger partial charge in [-0.1, -0.05) is 18.2 Å². The zero-order valence-corrected chi connectivity index (χ0v) is 16.5. The molecule has 1 unspecified atom stereocenters. The van der Waals surface area contributed by atoms with Gasteiger partial charge in [-0.15, -0.1) is 0 Å². The van der Waals surface area contributed by atoms with Crippen LogP contribution in [-0.2, 0) is 11.0 Å². The number of rotatable bonds is 7. The largest absolute Gasteiger partial charge is 0.489 e. The maximum atomic E-state index is 12.9. The third-order valence-electron chi connectivity index (χ3n) is 4.89. The number of carbonyl (C=O) groups is 1. The first-order valence-corrected chi connectivity index (χ1v) is 9.72. The molecule has 162 valence electrons. The molecule has 0 saturated carbocycles. The van der Waals surface area contributed by atoms with Gasteiger partial charge in [-0.3, -0.25) is 4.79 Å². The van der Waals surface area contributed by atoms with E-state index in [1.807, 2.05) is 19.1 Å². The Bertz CT molecular complexity index is 859. The first-order valence-electron chi connectivity index (χ1n) is 9.72. The van der Waals surface area contributed by atoms with Gasteiger partial charge >= 0.3 is 6.18 Å². The van der Waals surface area contributed by atoms with Gasteiger partial charge in [0.05, 0.1) is 19.2 Å². The van der Waals surface area contributed by atoms with E-state index in [0.29, 0.717) is 31.1 Å². The summed E-state index contributed by atoms with van der Waals surface area (Å²) in [5.41, 5.74) is -0.00462. The molecule has 1 aromatic carbocycles.